The van der Waals surface area contributed by atoms with Crippen molar-refractivity contribution in [3.8, 4) is 0 Å². The van der Waals surface area contributed by atoms with Crippen LogP contribution in [0, 0.1) is 5.92 Å². The van der Waals surface area contributed by atoms with Crippen LogP contribution in [-0.2, 0) is 16.4 Å². The Morgan fingerprint density at radius 3 is 2.77 bits per heavy atom. The lowest BCUT2D eigenvalue weighted by Crippen LogP contribution is -2.36. The van der Waals surface area contributed by atoms with Crippen molar-refractivity contribution >= 4 is 10.0 Å². The number of hydrogen-bond donors (Lipinski definition) is 3. The molecule has 3 rings (SSSR count). The maximum Gasteiger partial charge on any atom is 0.240 e. The Balaban J connectivity index is 1.73. The van der Waals surface area contributed by atoms with Gasteiger partial charge in [-0.05, 0) is 75.0 Å². The minimum atomic E-state index is -3.41. The van der Waals surface area contributed by atoms with Crippen molar-refractivity contribution in [2.45, 2.75) is 37.1 Å². The van der Waals surface area contributed by atoms with E-state index in [1.807, 2.05) is 12.1 Å². The average molecular weight is 323 g/mol. The third kappa shape index (κ3) is 3.51. The highest BCUT2D eigenvalue weighted by Crippen LogP contribution is 2.25. The Kier molecular flexibility index (Phi) is 4.82. The highest BCUT2D eigenvalue weighted by Gasteiger charge is 2.22. The summed E-state index contributed by atoms with van der Waals surface area (Å²) >= 11 is 0. The van der Waals surface area contributed by atoms with E-state index in [-0.39, 0.29) is 6.04 Å². The van der Waals surface area contributed by atoms with E-state index in [0.717, 1.165) is 44.5 Å². The fourth-order valence-corrected chi connectivity index (χ4v) is 4.45. The van der Waals surface area contributed by atoms with Crippen LogP contribution >= 0.6 is 0 Å². The van der Waals surface area contributed by atoms with E-state index in [1.165, 1.54) is 5.56 Å². The van der Waals surface area contributed by atoms with Crippen LogP contribution in [-0.4, -0.2) is 34.6 Å². The maximum absolute atomic E-state index is 12.5. The zero-order valence-corrected chi connectivity index (χ0v) is 13.9. The zero-order chi connectivity index (χ0) is 15.6. The summed E-state index contributed by atoms with van der Waals surface area (Å²) < 4.78 is 27.8. The number of benzene rings is 1. The van der Waals surface area contributed by atoms with Gasteiger partial charge in [0.15, 0.2) is 0 Å². The first-order valence-electron chi connectivity index (χ1n) is 8.13. The number of fused-ring (bicyclic) bond motifs is 1. The molecule has 1 saturated heterocycles. The van der Waals surface area contributed by atoms with Crippen molar-refractivity contribution in [3.63, 3.8) is 0 Å². The molecular weight excluding hydrogens is 298 g/mol. The van der Waals surface area contributed by atoms with Gasteiger partial charge in [-0.2, -0.15) is 0 Å². The quantitative estimate of drug-likeness (QED) is 0.778. The van der Waals surface area contributed by atoms with Gasteiger partial charge in [0.1, 0.15) is 0 Å². The molecule has 1 unspecified atom stereocenters. The molecule has 2 aliphatic heterocycles. The van der Waals surface area contributed by atoms with Crippen LogP contribution in [0.15, 0.2) is 23.1 Å². The summed E-state index contributed by atoms with van der Waals surface area (Å²) in [5, 5.41) is 6.68. The van der Waals surface area contributed by atoms with Crippen LogP contribution in [0.4, 0.5) is 0 Å². The molecule has 0 aliphatic carbocycles. The standard InChI is InChI=1S/C16H25N3O2S/c1-12-16-10-15(3-2-14(16)6-9-18-12)22(20,21)19-11-13-4-7-17-8-5-13/h2-3,10,12-13,17-19H,4-9,11H2,1H3. The van der Waals surface area contributed by atoms with E-state index in [0.29, 0.717) is 17.4 Å². The van der Waals surface area contributed by atoms with Gasteiger partial charge < -0.3 is 10.6 Å². The molecule has 2 heterocycles. The first kappa shape index (κ1) is 15.9. The van der Waals surface area contributed by atoms with Crippen LogP contribution in [0.25, 0.3) is 0 Å². The molecule has 1 aromatic rings. The Morgan fingerprint density at radius 2 is 2.00 bits per heavy atom. The Labute approximate surface area is 132 Å². The van der Waals surface area contributed by atoms with Crippen molar-refractivity contribution in [3.05, 3.63) is 29.3 Å². The van der Waals surface area contributed by atoms with Crippen LogP contribution in [0.1, 0.15) is 36.9 Å². The highest BCUT2D eigenvalue weighted by atomic mass is 32.2. The summed E-state index contributed by atoms with van der Waals surface area (Å²) in [5.74, 6) is 0.439. The number of rotatable bonds is 4. The molecule has 1 aromatic carbocycles. The topological polar surface area (TPSA) is 70.2 Å². The molecule has 6 heteroatoms. The van der Waals surface area contributed by atoms with E-state index in [9.17, 15) is 8.42 Å². The van der Waals surface area contributed by atoms with E-state index >= 15 is 0 Å². The summed E-state index contributed by atoms with van der Waals surface area (Å²) in [6, 6.07) is 5.74. The van der Waals surface area contributed by atoms with Crippen LogP contribution in [0.5, 0.6) is 0 Å². The molecule has 2 aliphatic rings. The maximum atomic E-state index is 12.5. The van der Waals surface area contributed by atoms with Crippen molar-refractivity contribution in [1.82, 2.24) is 15.4 Å². The van der Waals surface area contributed by atoms with Crippen molar-refractivity contribution < 1.29 is 8.42 Å². The molecule has 122 valence electrons. The van der Waals surface area contributed by atoms with Gasteiger partial charge >= 0.3 is 0 Å². The number of piperidine rings is 1. The minimum absolute atomic E-state index is 0.211. The molecule has 0 amide bonds. The fraction of sp³-hybridized carbons (Fsp3) is 0.625. The predicted molar refractivity (Wildman–Crippen MR) is 87.3 cm³/mol. The molecular formula is C16H25N3O2S. The number of sulfonamides is 1. The van der Waals surface area contributed by atoms with Gasteiger partial charge in [0.05, 0.1) is 4.90 Å². The summed E-state index contributed by atoms with van der Waals surface area (Å²) in [6.45, 7) is 5.53. The largest absolute Gasteiger partial charge is 0.317 e. The van der Waals surface area contributed by atoms with E-state index < -0.39 is 10.0 Å². The lowest BCUT2D eigenvalue weighted by Gasteiger charge is -2.25. The summed E-state index contributed by atoms with van der Waals surface area (Å²) in [7, 11) is -3.41. The molecule has 0 spiro atoms. The summed E-state index contributed by atoms with van der Waals surface area (Å²) in [4.78, 5) is 0.385. The molecule has 0 bridgehead atoms. The van der Waals surface area contributed by atoms with Gasteiger partial charge in [-0.25, -0.2) is 13.1 Å². The number of hydrogen-bond acceptors (Lipinski definition) is 4. The van der Waals surface area contributed by atoms with Crippen LogP contribution in [0.2, 0.25) is 0 Å². The predicted octanol–water partition coefficient (Wildman–Crippen LogP) is 1.17. The Bertz CT molecular complexity index is 624. The number of nitrogens with one attached hydrogen (secondary N) is 3. The molecule has 3 N–H and O–H groups in total. The lowest BCUT2D eigenvalue weighted by atomic mass is 9.96. The molecule has 22 heavy (non-hydrogen) atoms. The summed E-state index contributed by atoms with van der Waals surface area (Å²) in [6.07, 6.45) is 3.03. The van der Waals surface area contributed by atoms with E-state index in [2.05, 4.69) is 22.3 Å². The van der Waals surface area contributed by atoms with Crippen molar-refractivity contribution in [2.75, 3.05) is 26.2 Å². The first-order valence-corrected chi connectivity index (χ1v) is 9.61. The van der Waals surface area contributed by atoms with Gasteiger partial charge in [-0.3, -0.25) is 0 Å². The smallest absolute Gasteiger partial charge is 0.240 e. The molecule has 5 nitrogen and oxygen atoms in total. The van der Waals surface area contributed by atoms with Crippen molar-refractivity contribution in [1.29, 1.82) is 0 Å². The second kappa shape index (κ2) is 6.66. The molecule has 0 aromatic heterocycles. The second-order valence-electron chi connectivity index (χ2n) is 6.33. The third-order valence-corrected chi connectivity index (χ3v) is 6.18. The van der Waals surface area contributed by atoms with Gasteiger partial charge in [0.25, 0.3) is 0 Å². The average Bonchev–Trinajstić information content (AvgIpc) is 2.54. The van der Waals surface area contributed by atoms with Gasteiger partial charge in [-0.15, -0.1) is 0 Å². The van der Waals surface area contributed by atoms with Gasteiger partial charge in [0.2, 0.25) is 10.0 Å². The SMILES string of the molecule is CC1NCCc2ccc(S(=O)(=O)NCC3CCNCC3)cc21. The first-order chi connectivity index (χ1) is 10.6. The van der Waals surface area contributed by atoms with Crippen molar-refractivity contribution in [2.24, 2.45) is 5.92 Å². The zero-order valence-electron chi connectivity index (χ0n) is 13.1. The van der Waals surface area contributed by atoms with Crippen LogP contribution < -0.4 is 15.4 Å². The molecule has 1 fully saturated rings. The van der Waals surface area contributed by atoms with Gasteiger partial charge in [0, 0.05) is 12.6 Å². The van der Waals surface area contributed by atoms with Gasteiger partial charge in [-0.1, -0.05) is 6.07 Å². The lowest BCUT2D eigenvalue weighted by molar-refractivity contribution is 0.372. The molecule has 1 atom stereocenters. The Morgan fingerprint density at radius 1 is 1.23 bits per heavy atom. The normalized spacial score (nSPS) is 23.2. The second-order valence-corrected chi connectivity index (χ2v) is 8.10. The molecule has 0 saturated carbocycles. The van der Waals surface area contributed by atoms with Crippen LogP contribution in [0.3, 0.4) is 0 Å². The highest BCUT2D eigenvalue weighted by molar-refractivity contribution is 7.89. The van der Waals surface area contributed by atoms with E-state index in [1.54, 1.807) is 6.07 Å². The Hall–Kier alpha value is -0.950. The molecule has 0 radical (unpaired) electrons. The van der Waals surface area contributed by atoms with E-state index in [4.69, 9.17) is 0 Å². The summed E-state index contributed by atoms with van der Waals surface area (Å²) in [5.41, 5.74) is 2.36. The minimum Gasteiger partial charge on any atom is -0.317 e. The monoisotopic (exact) mass is 323 g/mol. The fourth-order valence-electron chi connectivity index (χ4n) is 3.30. The third-order valence-electron chi connectivity index (χ3n) is 4.76.